The van der Waals surface area contributed by atoms with Crippen molar-refractivity contribution in [1.29, 1.82) is 0 Å². The van der Waals surface area contributed by atoms with Gasteiger partial charge in [0.05, 0.1) is 5.69 Å². The number of aromatic nitrogens is 1. The second kappa shape index (κ2) is 13.5. The van der Waals surface area contributed by atoms with Crippen molar-refractivity contribution in [3.05, 3.63) is 53.7 Å². The van der Waals surface area contributed by atoms with Crippen LogP contribution in [0.2, 0.25) is 0 Å². The van der Waals surface area contributed by atoms with Crippen LogP contribution in [0, 0.1) is 0 Å². The molecular formula is C26H39N5S. The molecule has 1 fully saturated rings. The van der Waals surface area contributed by atoms with Gasteiger partial charge in [0.2, 0.25) is 0 Å². The first kappa shape index (κ1) is 24.6. The van der Waals surface area contributed by atoms with Crippen LogP contribution in [0.4, 0.5) is 11.5 Å². The molecule has 2 heterocycles. The third kappa shape index (κ3) is 7.82. The predicted molar refractivity (Wildman–Crippen MR) is 140 cm³/mol. The molecule has 174 valence electrons. The van der Waals surface area contributed by atoms with Gasteiger partial charge >= 0.3 is 0 Å². The zero-order valence-corrected chi connectivity index (χ0v) is 20.6. The fourth-order valence-corrected chi connectivity index (χ4v) is 5.14. The Kier molecular flexibility index (Phi) is 10.4. The van der Waals surface area contributed by atoms with Crippen molar-refractivity contribution in [2.45, 2.75) is 65.2 Å². The average molecular weight is 454 g/mol. The van der Waals surface area contributed by atoms with Crippen LogP contribution in [0.5, 0.6) is 0 Å². The molecular weight excluding hydrogens is 414 g/mol. The molecule has 0 radical (unpaired) electrons. The number of nitrogens with zero attached hydrogens (tertiary/aromatic N) is 4. The summed E-state index contributed by atoms with van der Waals surface area (Å²) in [4.78, 5) is 8.82. The van der Waals surface area contributed by atoms with E-state index in [1.54, 1.807) is 6.20 Å². The summed E-state index contributed by atoms with van der Waals surface area (Å²) in [7, 11) is 0. The van der Waals surface area contributed by atoms with Gasteiger partial charge in [0.25, 0.3) is 0 Å². The minimum atomic E-state index is 0.588. The van der Waals surface area contributed by atoms with Gasteiger partial charge in [0.15, 0.2) is 0 Å². The Morgan fingerprint density at radius 2 is 1.88 bits per heavy atom. The number of nitrogen functional groups attached to an aromatic ring is 1. The van der Waals surface area contributed by atoms with Crippen LogP contribution < -0.4 is 10.0 Å². The van der Waals surface area contributed by atoms with Crippen LogP contribution in [0.1, 0.15) is 69.9 Å². The Hall–Kier alpha value is -2.05. The van der Waals surface area contributed by atoms with Crippen LogP contribution >= 0.6 is 12.1 Å². The summed E-state index contributed by atoms with van der Waals surface area (Å²) in [6.45, 7) is 8.67. The van der Waals surface area contributed by atoms with Gasteiger partial charge in [0, 0.05) is 56.3 Å². The van der Waals surface area contributed by atoms with E-state index in [-0.39, 0.29) is 0 Å². The highest BCUT2D eigenvalue weighted by Crippen LogP contribution is 2.30. The smallest absolute Gasteiger partial charge is 0.125 e. The zero-order chi connectivity index (χ0) is 22.6. The van der Waals surface area contributed by atoms with E-state index in [4.69, 9.17) is 10.7 Å². The molecule has 0 atom stereocenters. The van der Waals surface area contributed by atoms with E-state index >= 15 is 0 Å². The first-order chi connectivity index (χ1) is 15.7. The highest BCUT2D eigenvalue weighted by atomic mass is 32.2. The molecule has 2 N–H and O–H groups in total. The predicted octanol–water partition coefficient (Wildman–Crippen LogP) is 6.15. The summed E-state index contributed by atoms with van der Waals surface area (Å²) >= 11 is 1.84. The number of rotatable bonds is 12. The molecule has 2 aromatic rings. The Bertz CT molecular complexity index is 836. The third-order valence-electron chi connectivity index (χ3n) is 5.81. The molecule has 1 saturated heterocycles. The molecule has 0 bridgehead atoms. The molecule has 1 aromatic carbocycles. The van der Waals surface area contributed by atoms with Gasteiger partial charge in [-0.3, -0.25) is 4.99 Å². The average Bonchev–Trinajstić information content (AvgIpc) is 2.83. The fourth-order valence-electron chi connectivity index (χ4n) is 4.02. The summed E-state index contributed by atoms with van der Waals surface area (Å²) in [6, 6.07) is 13.1. The number of pyridine rings is 1. The van der Waals surface area contributed by atoms with Gasteiger partial charge in [-0.15, -0.1) is 0 Å². The lowest BCUT2D eigenvalue weighted by molar-refractivity contribution is 0.426. The normalized spacial score (nSPS) is 15.3. The zero-order valence-electron chi connectivity index (χ0n) is 19.8. The number of aryl methyl sites for hydroxylation is 1. The van der Waals surface area contributed by atoms with Crippen LogP contribution in [-0.2, 0) is 6.42 Å². The maximum atomic E-state index is 5.85. The van der Waals surface area contributed by atoms with Crippen LogP contribution in [0.25, 0.3) is 0 Å². The van der Waals surface area contributed by atoms with Crippen molar-refractivity contribution >= 4 is 29.4 Å². The van der Waals surface area contributed by atoms with E-state index in [9.17, 15) is 0 Å². The maximum absolute atomic E-state index is 5.85. The third-order valence-corrected chi connectivity index (χ3v) is 6.99. The summed E-state index contributed by atoms with van der Waals surface area (Å²) in [5.74, 6) is 0.588. The van der Waals surface area contributed by atoms with E-state index < -0.39 is 0 Å². The van der Waals surface area contributed by atoms with Crippen molar-refractivity contribution in [1.82, 2.24) is 9.29 Å². The van der Waals surface area contributed by atoms with Gasteiger partial charge in [-0.2, -0.15) is 0 Å². The van der Waals surface area contributed by atoms with E-state index in [1.165, 1.54) is 55.4 Å². The number of unbranched alkanes of at least 4 members (excludes halogenated alkanes) is 3. The standard InChI is InChI=1S/C26H39N5S/c1-3-16-28-25(4-2)23-13-11-22(12-14-23)10-7-5-6-8-18-30-19-9-20-31(32-30)24-15-17-29-26(27)21-24/h11-15,17,21H,3-10,16,18-20H2,1-2H3,(H2,27,29). The molecule has 1 aliphatic heterocycles. The summed E-state index contributed by atoms with van der Waals surface area (Å²) in [6.07, 6.45) is 11.4. The monoisotopic (exact) mass is 453 g/mol. The molecule has 5 nitrogen and oxygen atoms in total. The van der Waals surface area contributed by atoms with Gasteiger partial charge in [-0.25, -0.2) is 9.29 Å². The topological polar surface area (TPSA) is 57.8 Å². The minimum Gasteiger partial charge on any atom is -0.384 e. The molecule has 6 heteroatoms. The van der Waals surface area contributed by atoms with Crippen LogP contribution in [0.3, 0.4) is 0 Å². The van der Waals surface area contributed by atoms with E-state index in [2.05, 4.69) is 51.7 Å². The minimum absolute atomic E-state index is 0.588. The lowest BCUT2D eigenvalue weighted by Crippen LogP contribution is -2.34. The van der Waals surface area contributed by atoms with Crippen molar-refractivity contribution in [2.24, 2.45) is 4.99 Å². The number of hydrogen-bond acceptors (Lipinski definition) is 6. The Balaban J connectivity index is 1.33. The quantitative estimate of drug-likeness (QED) is 0.237. The molecule has 0 spiro atoms. The number of hydrogen-bond donors (Lipinski definition) is 1. The second-order valence-corrected chi connectivity index (χ2v) is 9.57. The summed E-state index contributed by atoms with van der Waals surface area (Å²) in [5.41, 5.74) is 11.0. The summed E-state index contributed by atoms with van der Waals surface area (Å²) in [5, 5.41) is 0. The Labute approximate surface area is 198 Å². The van der Waals surface area contributed by atoms with Crippen molar-refractivity contribution in [2.75, 3.05) is 36.2 Å². The highest BCUT2D eigenvalue weighted by Gasteiger charge is 2.19. The van der Waals surface area contributed by atoms with Gasteiger partial charge in [0.1, 0.15) is 5.82 Å². The van der Waals surface area contributed by atoms with E-state index in [1.807, 2.05) is 24.3 Å². The number of aliphatic imine (C=N–C) groups is 1. The van der Waals surface area contributed by atoms with Crippen molar-refractivity contribution in [3.63, 3.8) is 0 Å². The Morgan fingerprint density at radius 1 is 1.06 bits per heavy atom. The molecule has 0 saturated carbocycles. The lowest BCUT2D eigenvalue weighted by atomic mass is 10.0. The second-order valence-electron chi connectivity index (χ2n) is 8.45. The first-order valence-corrected chi connectivity index (χ1v) is 13.0. The van der Waals surface area contributed by atoms with Gasteiger partial charge in [-0.05, 0) is 55.7 Å². The lowest BCUT2D eigenvalue weighted by Gasteiger charge is -2.35. The van der Waals surface area contributed by atoms with Gasteiger partial charge in [-0.1, -0.05) is 51.0 Å². The fraction of sp³-hybridized carbons (Fsp3) is 0.538. The molecule has 0 unspecified atom stereocenters. The largest absolute Gasteiger partial charge is 0.384 e. The van der Waals surface area contributed by atoms with Crippen molar-refractivity contribution in [3.8, 4) is 0 Å². The van der Waals surface area contributed by atoms with Gasteiger partial charge < -0.3 is 10.0 Å². The number of nitrogens with two attached hydrogens (primary N) is 1. The van der Waals surface area contributed by atoms with Crippen molar-refractivity contribution < 1.29 is 0 Å². The molecule has 0 amide bonds. The summed E-state index contributed by atoms with van der Waals surface area (Å²) < 4.78 is 4.83. The highest BCUT2D eigenvalue weighted by molar-refractivity contribution is 7.98. The van der Waals surface area contributed by atoms with Crippen LogP contribution in [0.15, 0.2) is 47.6 Å². The molecule has 0 aliphatic carbocycles. The molecule has 1 aromatic heterocycles. The molecule has 32 heavy (non-hydrogen) atoms. The first-order valence-electron chi connectivity index (χ1n) is 12.2. The number of anilines is 2. The van der Waals surface area contributed by atoms with Crippen LogP contribution in [-0.4, -0.2) is 41.2 Å². The number of benzene rings is 1. The Morgan fingerprint density at radius 3 is 2.62 bits per heavy atom. The van der Waals surface area contributed by atoms with E-state index in [0.717, 1.165) is 44.7 Å². The maximum Gasteiger partial charge on any atom is 0.125 e. The molecule has 1 aliphatic rings. The molecule has 3 rings (SSSR count). The van der Waals surface area contributed by atoms with E-state index in [0.29, 0.717) is 5.82 Å². The SMILES string of the molecule is CCCN=C(CC)c1ccc(CCCCCCN2CCCN(c3ccnc(N)c3)S2)cc1.